The molecule has 0 spiro atoms. The first-order chi connectivity index (χ1) is 21.5. The molecule has 10 nitrogen and oxygen atoms in total. The van der Waals surface area contributed by atoms with Gasteiger partial charge in [0.15, 0.2) is 23.1 Å². The molecule has 0 saturated carbocycles. The van der Waals surface area contributed by atoms with Crippen LogP contribution in [0.2, 0.25) is 0 Å². The van der Waals surface area contributed by atoms with E-state index >= 15 is 4.39 Å². The summed E-state index contributed by atoms with van der Waals surface area (Å²) < 4.78 is 38.3. The largest absolute Gasteiger partial charge is 0.493 e. The maximum absolute atomic E-state index is 15.3. The van der Waals surface area contributed by atoms with Gasteiger partial charge in [0.25, 0.3) is 5.91 Å². The van der Waals surface area contributed by atoms with Gasteiger partial charge in [-0.1, -0.05) is 36.4 Å². The number of benzene rings is 3. The molecule has 3 amide bonds. The van der Waals surface area contributed by atoms with E-state index in [1.165, 1.54) is 12.1 Å². The minimum atomic E-state index is -0.993. The molecule has 6 rings (SSSR count). The first-order valence-electron chi connectivity index (χ1n) is 14.5. The molecule has 0 bridgehead atoms. The minimum Gasteiger partial charge on any atom is -0.493 e. The Morgan fingerprint density at radius 2 is 1.80 bits per heavy atom. The number of aromatic nitrogens is 1. The van der Waals surface area contributed by atoms with Gasteiger partial charge >= 0.3 is 6.03 Å². The van der Waals surface area contributed by atoms with Gasteiger partial charge in [-0.05, 0) is 41.8 Å². The third kappa shape index (κ3) is 6.43. The van der Waals surface area contributed by atoms with Gasteiger partial charge in [0.1, 0.15) is 11.8 Å². The van der Waals surface area contributed by atoms with E-state index in [1.54, 1.807) is 37.6 Å². The Morgan fingerprint density at radius 1 is 0.977 bits per heavy atom. The number of nitrogens with zero attached hydrogens (tertiary/aromatic N) is 3. The average Bonchev–Trinajstić information content (AvgIpc) is 3.33. The monoisotopic (exact) mass is 600 g/mol. The van der Waals surface area contributed by atoms with Crippen molar-refractivity contribution >= 4 is 22.8 Å². The number of hydrogen-bond acceptors (Lipinski definition) is 8. The highest BCUT2D eigenvalue weighted by Crippen LogP contribution is 2.38. The van der Waals surface area contributed by atoms with Crippen molar-refractivity contribution in [1.29, 1.82) is 0 Å². The van der Waals surface area contributed by atoms with E-state index in [9.17, 15) is 9.59 Å². The Hall–Kier alpha value is -4.74. The molecule has 0 radical (unpaired) electrons. The van der Waals surface area contributed by atoms with Crippen LogP contribution in [0.1, 0.15) is 23.6 Å². The maximum Gasteiger partial charge on any atom is 0.325 e. The lowest BCUT2D eigenvalue weighted by Gasteiger charge is -2.26. The Bertz CT molecular complexity index is 1650. The molecule has 1 N–H and O–H groups in total. The summed E-state index contributed by atoms with van der Waals surface area (Å²) in [6, 6.07) is 17.1. The van der Waals surface area contributed by atoms with E-state index in [1.807, 2.05) is 30.3 Å². The molecular weight excluding hydrogens is 567 g/mol. The van der Waals surface area contributed by atoms with Crippen molar-refractivity contribution in [3.8, 4) is 23.0 Å². The highest BCUT2D eigenvalue weighted by molar-refractivity contribution is 6.04. The first-order valence-corrected chi connectivity index (χ1v) is 14.5. The zero-order valence-corrected chi connectivity index (χ0v) is 24.3. The van der Waals surface area contributed by atoms with Crippen molar-refractivity contribution < 1.29 is 32.9 Å². The predicted molar refractivity (Wildman–Crippen MR) is 160 cm³/mol. The Morgan fingerprint density at radius 3 is 2.57 bits per heavy atom. The zero-order chi connectivity index (χ0) is 30.5. The summed E-state index contributed by atoms with van der Waals surface area (Å²) >= 11 is 0. The Balaban J connectivity index is 1.14. The number of methoxy groups -OCH3 is 1. The number of morpholine rings is 1. The van der Waals surface area contributed by atoms with E-state index in [0.717, 1.165) is 49.7 Å². The van der Waals surface area contributed by atoms with Gasteiger partial charge in [-0.3, -0.25) is 19.6 Å². The molecule has 0 aliphatic carbocycles. The van der Waals surface area contributed by atoms with Crippen molar-refractivity contribution in [2.75, 3.05) is 46.6 Å². The SMILES string of the molecule is COc1cc2c(Oc3ccc(C4NC(=O)N(Cc5ccccc5)C4=O)cc3F)ccnc2cc1OCCCN1CCOCC1. The second-order valence-corrected chi connectivity index (χ2v) is 10.6. The van der Waals surface area contributed by atoms with Gasteiger partial charge in [-0.2, -0.15) is 0 Å². The van der Waals surface area contributed by atoms with Gasteiger partial charge < -0.3 is 24.3 Å². The number of carbonyl (C=O) groups excluding carboxylic acids is 2. The number of pyridine rings is 1. The number of halogens is 1. The highest BCUT2D eigenvalue weighted by Gasteiger charge is 2.39. The van der Waals surface area contributed by atoms with Gasteiger partial charge in [-0.15, -0.1) is 0 Å². The van der Waals surface area contributed by atoms with Crippen LogP contribution in [0.5, 0.6) is 23.0 Å². The van der Waals surface area contributed by atoms with Gasteiger partial charge in [0.2, 0.25) is 0 Å². The number of hydrogen-bond donors (Lipinski definition) is 1. The number of carbonyl (C=O) groups is 2. The van der Waals surface area contributed by atoms with Crippen molar-refractivity contribution in [2.24, 2.45) is 0 Å². The van der Waals surface area contributed by atoms with Gasteiger partial charge in [0, 0.05) is 37.3 Å². The van der Waals surface area contributed by atoms with E-state index < -0.39 is 23.8 Å². The van der Waals surface area contributed by atoms with Crippen LogP contribution >= 0.6 is 0 Å². The summed E-state index contributed by atoms with van der Waals surface area (Å²) in [5, 5.41) is 3.27. The molecule has 228 valence electrons. The summed E-state index contributed by atoms with van der Waals surface area (Å²) in [7, 11) is 1.56. The molecule has 1 unspecified atom stereocenters. The topological polar surface area (TPSA) is 102 Å². The van der Waals surface area contributed by atoms with E-state index in [2.05, 4.69) is 15.2 Å². The molecule has 4 aromatic rings. The molecule has 2 aliphatic rings. The fourth-order valence-corrected chi connectivity index (χ4v) is 5.34. The highest BCUT2D eigenvalue weighted by atomic mass is 19.1. The third-order valence-corrected chi connectivity index (χ3v) is 7.69. The summed E-state index contributed by atoms with van der Waals surface area (Å²) in [6.45, 7) is 4.95. The lowest BCUT2D eigenvalue weighted by Crippen LogP contribution is -2.37. The molecule has 3 aromatic carbocycles. The quantitative estimate of drug-likeness (QED) is 0.188. The van der Waals surface area contributed by atoms with E-state index in [0.29, 0.717) is 40.3 Å². The average molecular weight is 601 g/mol. The number of rotatable bonds is 11. The van der Waals surface area contributed by atoms with Crippen LogP contribution in [-0.4, -0.2) is 73.3 Å². The second kappa shape index (κ2) is 13.3. The van der Waals surface area contributed by atoms with Crippen LogP contribution in [0.25, 0.3) is 10.9 Å². The number of nitrogens with one attached hydrogen (secondary N) is 1. The predicted octanol–water partition coefficient (Wildman–Crippen LogP) is 5.07. The van der Waals surface area contributed by atoms with E-state index in [-0.39, 0.29) is 12.3 Å². The summed E-state index contributed by atoms with van der Waals surface area (Å²) in [5.41, 5.74) is 1.73. The number of ether oxygens (including phenoxy) is 4. The molecule has 1 atom stereocenters. The zero-order valence-electron chi connectivity index (χ0n) is 24.3. The molecule has 1 aromatic heterocycles. The van der Waals surface area contributed by atoms with Gasteiger partial charge in [0.05, 0.1) is 39.0 Å². The van der Waals surface area contributed by atoms with Crippen molar-refractivity contribution in [1.82, 2.24) is 20.1 Å². The van der Waals surface area contributed by atoms with Crippen LogP contribution in [0.15, 0.2) is 72.9 Å². The molecule has 2 fully saturated rings. The number of urea groups is 1. The maximum atomic E-state index is 15.3. The minimum absolute atomic E-state index is 0.0402. The lowest BCUT2D eigenvalue weighted by atomic mass is 10.1. The van der Waals surface area contributed by atoms with Gasteiger partial charge in [-0.25, -0.2) is 9.18 Å². The molecule has 3 heterocycles. The van der Waals surface area contributed by atoms with Crippen molar-refractivity contribution in [2.45, 2.75) is 19.0 Å². The van der Waals surface area contributed by atoms with Crippen LogP contribution in [-0.2, 0) is 16.1 Å². The second-order valence-electron chi connectivity index (χ2n) is 10.6. The Kier molecular flexibility index (Phi) is 8.85. The number of amides is 3. The van der Waals surface area contributed by atoms with Crippen LogP contribution in [0.4, 0.5) is 9.18 Å². The summed E-state index contributed by atoms with van der Waals surface area (Å²) in [4.78, 5) is 33.5. The number of fused-ring (bicyclic) bond motifs is 1. The molecule has 11 heteroatoms. The number of imide groups is 1. The van der Waals surface area contributed by atoms with Crippen LogP contribution in [0.3, 0.4) is 0 Å². The molecule has 2 aliphatic heterocycles. The summed E-state index contributed by atoms with van der Waals surface area (Å²) in [6.07, 6.45) is 2.43. The Labute approximate surface area is 254 Å². The lowest BCUT2D eigenvalue weighted by molar-refractivity contribution is -0.128. The normalized spacial score (nSPS) is 17.1. The van der Waals surface area contributed by atoms with Crippen molar-refractivity contribution in [3.05, 3.63) is 89.9 Å². The van der Waals surface area contributed by atoms with E-state index in [4.69, 9.17) is 18.9 Å². The molecule has 44 heavy (non-hydrogen) atoms. The van der Waals surface area contributed by atoms with Crippen molar-refractivity contribution in [3.63, 3.8) is 0 Å². The smallest absolute Gasteiger partial charge is 0.325 e. The standard InChI is InChI=1S/C33H33FN4O6/c1-41-29-19-24-26(20-30(29)43-15-5-12-37-13-16-42-17-14-37)35-11-10-27(24)44-28-9-8-23(18-25(28)34)31-32(39)38(33(40)36-31)21-22-6-3-2-4-7-22/h2-4,6-11,18-20,31H,5,12-17,21H2,1H3,(H,36,40). The first kappa shape index (κ1) is 29.3. The van der Waals surface area contributed by atoms with Crippen LogP contribution in [0, 0.1) is 5.82 Å². The summed E-state index contributed by atoms with van der Waals surface area (Å²) in [5.74, 6) is 0.279. The van der Waals surface area contributed by atoms with Crippen LogP contribution < -0.4 is 19.5 Å². The fraction of sp³-hybridized carbons (Fsp3) is 0.303. The fourth-order valence-electron chi connectivity index (χ4n) is 5.34. The molecule has 2 saturated heterocycles. The molecular formula is C33H33FN4O6. The third-order valence-electron chi connectivity index (χ3n) is 7.69.